The first kappa shape index (κ1) is 31.4. The predicted octanol–water partition coefficient (Wildman–Crippen LogP) is 6.45. The van der Waals surface area contributed by atoms with E-state index in [1.165, 1.54) is 36.9 Å². The smallest absolute Gasteiger partial charge is 0.273 e. The van der Waals surface area contributed by atoms with E-state index in [0.29, 0.717) is 43.1 Å². The second-order valence-corrected chi connectivity index (χ2v) is 15.2. The summed E-state index contributed by atoms with van der Waals surface area (Å²) in [6, 6.07) is 18.1. The van der Waals surface area contributed by atoms with E-state index in [4.69, 9.17) is 11.2 Å². The number of anilines is 1. The van der Waals surface area contributed by atoms with Crippen LogP contribution in [0.3, 0.4) is 0 Å². The van der Waals surface area contributed by atoms with Gasteiger partial charge in [0.1, 0.15) is 23.4 Å². The molecule has 8 rings (SSSR count). The molecule has 3 aromatic rings. The molecule has 48 heavy (non-hydrogen) atoms. The van der Waals surface area contributed by atoms with Crippen LogP contribution < -0.4 is 4.90 Å². The number of ether oxygens (including phenoxy) is 1. The van der Waals surface area contributed by atoms with Gasteiger partial charge in [0.2, 0.25) is 5.91 Å². The number of rotatable bonds is 6. The number of aryl methyl sites for hydroxylation is 1. The molecule has 4 fully saturated rings. The van der Waals surface area contributed by atoms with Gasteiger partial charge in [0, 0.05) is 49.2 Å². The van der Waals surface area contributed by atoms with Crippen LogP contribution in [0.25, 0.3) is 10.9 Å². The molecule has 2 amide bonds. The van der Waals surface area contributed by atoms with Gasteiger partial charge in [-0.25, -0.2) is 4.98 Å². The fourth-order valence-electron chi connectivity index (χ4n) is 10.4. The Bertz CT molecular complexity index is 1790. The van der Waals surface area contributed by atoms with Crippen molar-refractivity contribution in [1.29, 1.82) is 0 Å². The zero-order valence-corrected chi connectivity index (χ0v) is 28.7. The minimum absolute atomic E-state index is 0.0110. The van der Waals surface area contributed by atoms with Crippen LogP contribution in [0.1, 0.15) is 86.8 Å². The van der Waals surface area contributed by atoms with Crippen molar-refractivity contribution in [2.45, 2.75) is 89.4 Å². The predicted molar refractivity (Wildman–Crippen MR) is 189 cm³/mol. The van der Waals surface area contributed by atoms with Crippen LogP contribution in [0, 0.1) is 29.6 Å². The van der Waals surface area contributed by atoms with Gasteiger partial charge < -0.3 is 19.4 Å². The van der Waals surface area contributed by atoms with E-state index < -0.39 is 6.04 Å². The summed E-state index contributed by atoms with van der Waals surface area (Å²) in [7, 11) is 0. The highest BCUT2D eigenvalue weighted by atomic mass is 16.6. The molecule has 0 bridgehead atoms. The number of nitrogens with zero attached hydrogens (tertiary/aromatic N) is 4. The monoisotopic (exact) mass is 644 g/mol. The topological polar surface area (TPSA) is 69.3 Å². The average Bonchev–Trinajstić information content (AvgIpc) is 3.79. The van der Waals surface area contributed by atoms with Gasteiger partial charge in [-0.15, -0.1) is 6.42 Å². The molecule has 250 valence electrons. The Morgan fingerprint density at radius 2 is 1.88 bits per heavy atom. The normalized spacial score (nSPS) is 31.0. The largest absolute Gasteiger partial charge is 0.368 e. The van der Waals surface area contributed by atoms with Crippen molar-refractivity contribution >= 4 is 28.4 Å². The molecule has 2 aliphatic heterocycles. The van der Waals surface area contributed by atoms with E-state index in [0.717, 1.165) is 43.3 Å². The maximum Gasteiger partial charge on any atom is 0.273 e. The van der Waals surface area contributed by atoms with Crippen LogP contribution in [0.15, 0.2) is 54.6 Å². The maximum absolute atomic E-state index is 13.8. The maximum atomic E-state index is 13.8. The lowest BCUT2D eigenvalue weighted by atomic mass is 9.53. The molecule has 7 nitrogen and oxygen atoms in total. The van der Waals surface area contributed by atoms with E-state index in [1.54, 1.807) is 16.5 Å². The third-order valence-electron chi connectivity index (χ3n) is 13.1. The number of fused-ring (bicyclic) bond motifs is 7. The van der Waals surface area contributed by atoms with E-state index in [-0.39, 0.29) is 28.9 Å². The Labute approximate surface area is 285 Å². The van der Waals surface area contributed by atoms with Crippen LogP contribution in [0.2, 0.25) is 0 Å². The quantitative estimate of drug-likeness (QED) is 0.228. The van der Waals surface area contributed by atoms with Gasteiger partial charge in [0.25, 0.3) is 5.91 Å². The Morgan fingerprint density at radius 3 is 2.65 bits per heavy atom. The number of epoxide rings is 1. The van der Waals surface area contributed by atoms with Crippen LogP contribution >= 0.6 is 0 Å². The molecule has 2 unspecified atom stereocenters. The molecule has 3 heterocycles. The van der Waals surface area contributed by atoms with E-state index in [1.807, 2.05) is 49.1 Å². The molecular formula is C41H48N4O3. The van der Waals surface area contributed by atoms with Gasteiger partial charge in [-0.3, -0.25) is 9.59 Å². The second kappa shape index (κ2) is 11.9. The number of hydrogen-bond donors (Lipinski definition) is 0. The van der Waals surface area contributed by atoms with Crippen LogP contribution in [-0.4, -0.2) is 77.1 Å². The summed E-state index contributed by atoms with van der Waals surface area (Å²) in [5.74, 6) is 4.74. The number of amides is 2. The Hall–Kier alpha value is -3.89. The highest BCUT2D eigenvalue weighted by molar-refractivity contribution is 5.97. The Morgan fingerprint density at radius 1 is 1.06 bits per heavy atom. The summed E-state index contributed by atoms with van der Waals surface area (Å²) in [4.78, 5) is 38.2. The third kappa shape index (κ3) is 4.85. The van der Waals surface area contributed by atoms with Crippen LogP contribution in [-0.2, 0) is 16.0 Å². The van der Waals surface area contributed by atoms with Crippen molar-refractivity contribution in [2.24, 2.45) is 17.3 Å². The molecule has 1 aromatic heterocycles. The minimum Gasteiger partial charge on any atom is -0.368 e. The molecule has 3 aliphatic carbocycles. The SMILES string of the molecule is C#CC1O[C@]12CCC1[C@@H]3CCc4ccc(N5CCN(C(=O)[C@H](C)N(CCC)C(=O)c6ccc7ccccc7n6)CC5)cc4[C@H]3CC[C@@]12C. The Kier molecular flexibility index (Phi) is 7.79. The molecule has 7 heteroatoms. The fourth-order valence-corrected chi connectivity index (χ4v) is 10.4. The van der Waals surface area contributed by atoms with Crippen molar-refractivity contribution in [3.63, 3.8) is 0 Å². The zero-order valence-electron chi connectivity index (χ0n) is 28.7. The summed E-state index contributed by atoms with van der Waals surface area (Å²) in [6.07, 6.45) is 13.8. The standard InChI is InChI=1S/C41H48N4O3/c1-5-21-45(39(47)36-16-13-29-9-7-8-10-35(29)42-36)27(3)38(46)44-24-22-43(23-25-44)30-14-11-28-12-15-32-31(33(28)26-30)17-19-40(4)34(32)18-20-41(40)37(6-2)48-41/h2,7-11,13-14,16,26-27,31-32,34,37H,5,12,15,17-25H2,1,3-4H3/t27-,31-,32+,34?,37?,40-,41+/m0/s1. The first-order chi connectivity index (χ1) is 23.3. The van der Waals surface area contributed by atoms with Crippen LogP contribution in [0.4, 0.5) is 5.69 Å². The lowest BCUT2D eigenvalue weighted by molar-refractivity contribution is -0.135. The molecular weight excluding hydrogens is 596 g/mol. The highest BCUT2D eigenvalue weighted by Gasteiger charge is 2.73. The van der Waals surface area contributed by atoms with Gasteiger partial charge in [-0.2, -0.15) is 0 Å². The van der Waals surface area contributed by atoms with Crippen molar-refractivity contribution in [1.82, 2.24) is 14.8 Å². The molecule has 2 saturated heterocycles. The molecule has 1 spiro atoms. The number of carbonyl (C=O) groups is 2. The van der Waals surface area contributed by atoms with E-state index in [9.17, 15) is 9.59 Å². The van der Waals surface area contributed by atoms with Gasteiger partial charge in [0.15, 0.2) is 0 Å². The second-order valence-electron chi connectivity index (χ2n) is 15.2. The lowest BCUT2D eigenvalue weighted by Gasteiger charge is -2.50. The summed E-state index contributed by atoms with van der Waals surface area (Å²) >= 11 is 0. The van der Waals surface area contributed by atoms with Gasteiger partial charge in [0.05, 0.1) is 5.52 Å². The minimum atomic E-state index is -0.554. The molecule has 2 aromatic carbocycles. The molecule has 7 atom stereocenters. The molecule has 0 N–H and O–H groups in total. The lowest BCUT2D eigenvalue weighted by Crippen LogP contribution is -2.55. The van der Waals surface area contributed by atoms with Gasteiger partial charge in [-0.05, 0) is 105 Å². The summed E-state index contributed by atoms with van der Waals surface area (Å²) < 4.78 is 6.25. The van der Waals surface area contributed by atoms with E-state index >= 15 is 0 Å². The molecule has 5 aliphatic rings. The zero-order chi connectivity index (χ0) is 33.2. The first-order valence-electron chi connectivity index (χ1n) is 18.3. The number of pyridine rings is 1. The number of piperazine rings is 1. The first-order valence-corrected chi connectivity index (χ1v) is 18.3. The van der Waals surface area contributed by atoms with Crippen molar-refractivity contribution in [3.05, 3.63) is 71.4 Å². The number of benzene rings is 2. The number of terminal acetylenes is 1. The Balaban J connectivity index is 0.933. The van der Waals surface area contributed by atoms with Gasteiger partial charge >= 0.3 is 0 Å². The number of carbonyl (C=O) groups excluding carboxylic acids is 2. The van der Waals surface area contributed by atoms with E-state index in [2.05, 4.69) is 40.9 Å². The van der Waals surface area contributed by atoms with Crippen molar-refractivity contribution in [3.8, 4) is 12.3 Å². The summed E-state index contributed by atoms with van der Waals surface area (Å²) in [6.45, 7) is 9.75. The van der Waals surface area contributed by atoms with Gasteiger partial charge in [-0.1, -0.05) is 50.1 Å². The number of aromatic nitrogens is 1. The number of para-hydroxylation sites is 1. The summed E-state index contributed by atoms with van der Waals surface area (Å²) in [5, 5.41) is 0.993. The molecule has 0 radical (unpaired) electrons. The van der Waals surface area contributed by atoms with Crippen molar-refractivity contribution in [2.75, 3.05) is 37.6 Å². The van der Waals surface area contributed by atoms with Crippen LogP contribution in [0.5, 0.6) is 0 Å². The summed E-state index contributed by atoms with van der Waals surface area (Å²) in [5.41, 5.74) is 5.64. The van der Waals surface area contributed by atoms with Crippen molar-refractivity contribution < 1.29 is 14.3 Å². The molecule has 2 saturated carbocycles. The average molecular weight is 645 g/mol. The highest BCUT2D eigenvalue weighted by Crippen LogP contribution is 2.71. The fraction of sp³-hybridized carbons (Fsp3) is 0.537. The third-order valence-corrected chi connectivity index (χ3v) is 13.1. The number of hydrogen-bond acceptors (Lipinski definition) is 5.